The van der Waals surface area contributed by atoms with E-state index in [0.29, 0.717) is 4.47 Å². The smallest absolute Gasteiger partial charge is 0.335 e. The predicted octanol–water partition coefficient (Wildman–Crippen LogP) is 2.34. The fourth-order valence-corrected chi connectivity index (χ4v) is 2.46. The number of benzene rings is 1. The number of amides is 2. The minimum absolute atomic E-state index is 0.00257. The number of hydrogen-bond acceptors (Lipinski definition) is 4. The third-order valence-electron chi connectivity index (χ3n) is 3.07. The largest absolute Gasteiger partial charge is 0.478 e. The van der Waals surface area contributed by atoms with Crippen molar-refractivity contribution in [2.45, 2.75) is 0 Å². The van der Waals surface area contributed by atoms with E-state index in [-0.39, 0.29) is 22.5 Å². The second-order valence-electron chi connectivity index (χ2n) is 4.34. The highest BCUT2D eigenvalue weighted by molar-refractivity contribution is 9.10. The zero-order valence-corrected chi connectivity index (χ0v) is 12.0. The summed E-state index contributed by atoms with van der Waals surface area (Å²) >= 11 is 3.24. The molecule has 1 aromatic carbocycles. The minimum Gasteiger partial charge on any atom is -0.478 e. The standard InChI is InChI=1S/C14H7BrN2O4/c15-8-1-2-9-10(6-8)13(19)17(12(9)18)11-5-7(14(20)21)3-4-16-11/h1-6H,(H,20,21). The van der Waals surface area contributed by atoms with Crippen LogP contribution >= 0.6 is 15.9 Å². The Morgan fingerprint density at radius 3 is 2.52 bits per heavy atom. The van der Waals surface area contributed by atoms with E-state index >= 15 is 0 Å². The van der Waals surface area contributed by atoms with Crippen molar-refractivity contribution < 1.29 is 19.5 Å². The number of carbonyl (C=O) groups excluding carboxylic acids is 2. The van der Waals surface area contributed by atoms with E-state index in [1.165, 1.54) is 18.3 Å². The summed E-state index contributed by atoms with van der Waals surface area (Å²) in [4.78, 5) is 40.4. The van der Waals surface area contributed by atoms with Gasteiger partial charge in [0.25, 0.3) is 11.8 Å². The molecule has 6 nitrogen and oxygen atoms in total. The van der Waals surface area contributed by atoms with E-state index in [9.17, 15) is 14.4 Å². The molecule has 2 amide bonds. The first-order chi connectivity index (χ1) is 9.99. The number of nitrogens with zero attached hydrogens (tertiary/aromatic N) is 2. The Hall–Kier alpha value is -2.54. The summed E-state index contributed by atoms with van der Waals surface area (Å²) in [6.45, 7) is 0. The van der Waals surface area contributed by atoms with Crippen LogP contribution in [0, 0.1) is 0 Å². The molecule has 0 saturated carbocycles. The summed E-state index contributed by atoms with van der Waals surface area (Å²) < 4.78 is 0.677. The zero-order valence-electron chi connectivity index (χ0n) is 10.4. The molecule has 0 spiro atoms. The Morgan fingerprint density at radius 1 is 1.10 bits per heavy atom. The van der Waals surface area contributed by atoms with Crippen molar-refractivity contribution in [3.8, 4) is 0 Å². The third kappa shape index (κ3) is 2.11. The number of aromatic nitrogens is 1. The molecule has 2 aromatic rings. The molecule has 1 N–H and O–H groups in total. The van der Waals surface area contributed by atoms with Gasteiger partial charge in [-0.25, -0.2) is 14.7 Å². The number of carboxylic acid groups (broad SMARTS) is 1. The fraction of sp³-hybridized carbons (Fsp3) is 0. The molecule has 1 aromatic heterocycles. The highest BCUT2D eigenvalue weighted by Gasteiger charge is 2.37. The third-order valence-corrected chi connectivity index (χ3v) is 3.56. The first kappa shape index (κ1) is 13.4. The lowest BCUT2D eigenvalue weighted by molar-refractivity contribution is 0.0695. The Kier molecular flexibility index (Phi) is 3.06. The van der Waals surface area contributed by atoms with E-state index in [4.69, 9.17) is 5.11 Å². The van der Waals surface area contributed by atoms with Crippen LogP contribution in [0.2, 0.25) is 0 Å². The van der Waals surface area contributed by atoms with E-state index in [1.807, 2.05) is 0 Å². The molecule has 3 rings (SSSR count). The molecule has 0 radical (unpaired) electrons. The van der Waals surface area contributed by atoms with Crippen LogP contribution in [-0.4, -0.2) is 27.9 Å². The van der Waals surface area contributed by atoms with Gasteiger partial charge in [0, 0.05) is 10.7 Å². The number of fused-ring (bicyclic) bond motifs is 1. The SMILES string of the molecule is O=C(O)c1ccnc(N2C(=O)c3ccc(Br)cc3C2=O)c1. The van der Waals surface area contributed by atoms with Gasteiger partial charge in [-0.2, -0.15) is 0 Å². The lowest BCUT2D eigenvalue weighted by Crippen LogP contribution is -2.30. The number of hydrogen-bond donors (Lipinski definition) is 1. The number of carbonyl (C=O) groups is 3. The maximum atomic E-state index is 12.3. The highest BCUT2D eigenvalue weighted by atomic mass is 79.9. The summed E-state index contributed by atoms with van der Waals surface area (Å²) in [7, 11) is 0. The first-order valence-corrected chi connectivity index (χ1v) is 6.66. The highest BCUT2D eigenvalue weighted by Crippen LogP contribution is 2.29. The number of pyridine rings is 1. The Morgan fingerprint density at radius 2 is 1.81 bits per heavy atom. The molecule has 0 aliphatic carbocycles. The molecule has 0 bridgehead atoms. The predicted molar refractivity (Wildman–Crippen MR) is 76.5 cm³/mol. The van der Waals surface area contributed by atoms with Gasteiger partial charge < -0.3 is 5.11 Å². The van der Waals surface area contributed by atoms with E-state index in [2.05, 4.69) is 20.9 Å². The molecule has 1 aliphatic rings. The molecule has 0 saturated heterocycles. The molecule has 0 fully saturated rings. The molecule has 104 valence electrons. The Bertz CT molecular complexity index is 803. The Balaban J connectivity index is 2.10. The van der Waals surface area contributed by atoms with E-state index in [0.717, 1.165) is 4.90 Å². The van der Waals surface area contributed by atoms with Gasteiger partial charge in [-0.15, -0.1) is 0 Å². The molecular formula is C14H7BrN2O4. The summed E-state index contributed by atoms with van der Waals surface area (Å²) in [5.74, 6) is -2.20. The number of halogens is 1. The van der Waals surface area contributed by atoms with Gasteiger partial charge in [-0.05, 0) is 30.3 Å². The molecule has 1 aliphatic heterocycles. The maximum Gasteiger partial charge on any atom is 0.335 e. The zero-order chi connectivity index (χ0) is 15.1. The lowest BCUT2D eigenvalue weighted by atomic mass is 10.1. The van der Waals surface area contributed by atoms with Gasteiger partial charge in [0.2, 0.25) is 0 Å². The summed E-state index contributed by atoms with van der Waals surface area (Å²) in [5, 5.41) is 8.97. The molecule has 7 heteroatoms. The van der Waals surface area contributed by atoms with Crippen molar-refractivity contribution in [2.75, 3.05) is 4.90 Å². The van der Waals surface area contributed by atoms with Crippen LogP contribution in [0.15, 0.2) is 41.0 Å². The number of carboxylic acids is 1. The van der Waals surface area contributed by atoms with Gasteiger partial charge in [-0.3, -0.25) is 9.59 Å². The van der Waals surface area contributed by atoms with Gasteiger partial charge in [0.05, 0.1) is 16.7 Å². The fourth-order valence-electron chi connectivity index (χ4n) is 2.09. The lowest BCUT2D eigenvalue weighted by Gasteiger charge is -2.12. The summed E-state index contributed by atoms with van der Waals surface area (Å²) in [6, 6.07) is 7.24. The van der Waals surface area contributed by atoms with Gasteiger partial charge in [0.15, 0.2) is 0 Å². The topological polar surface area (TPSA) is 87.6 Å². The normalized spacial score (nSPS) is 13.5. The van der Waals surface area contributed by atoms with E-state index < -0.39 is 17.8 Å². The summed E-state index contributed by atoms with van der Waals surface area (Å²) in [6.07, 6.45) is 1.25. The van der Waals surface area contributed by atoms with Crippen molar-refractivity contribution in [3.63, 3.8) is 0 Å². The summed E-state index contributed by atoms with van der Waals surface area (Å²) in [5.41, 5.74) is 0.486. The molecular weight excluding hydrogens is 340 g/mol. The first-order valence-electron chi connectivity index (χ1n) is 5.86. The van der Waals surface area contributed by atoms with Gasteiger partial charge >= 0.3 is 5.97 Å². The van der Waals surface area contributed by atoms with Crippen LogP contribution in [0.25, 0.3) is 0 Å². The maximum absolute atomic E-state index is 12.3. The Labute approximate surface area is 127 Å². The monoisotopic (exact) mass is 346 g/mol. The van der Waals surface area contributed by atoms with Gasteiger partial charge in [0.1, 0.15) is 5.82 Å². The quantitative estimate of drug-likeness (QED) is 0.843. The van der Waals surface area contributed by atoms with Crippen molar-refractivity contribution >= 4 is 39.5 Å². The van der Waals surface area contributed by atoms with Crippen LogP contribution in [0.4, 0.5) is 5.82 Å². The molecule has 0 unspecified atom stereocenters. The van der Waals surface area contributed by atoms with E-state index in [1.54, 1.807) is 18.2 Å². The van der Waals surface area contributed by atoms with Crippen LogP contribution in [0.5, 0.6) is 0 Å². The number of anilines is 1. The van der Waals surface area contributed by atoms with Crippen LogP contribution in [0.1, 0.15) is 31.1 Å². The van der Waals surface area contributed by atoms with Crippen molar-refractivity contribution in [1.82, 2.24) is 4.98 Å². The van der Waals surface area contributed by atoms with Crippen LogP contribution in [-0.2, 0) is 0 Å². The average molecular weight is 347 g/mol. The number of rotatable bonds is 2. The van der Waals surface area contributed by atoms with Crippen molar-refractivity contribution in [1.29, 1.82) is 0 Å². The second kappa shape index (κ2) is 4.78. The minimum atomic E-state index is -1.15. The molecule has 0 atom stereocenters. The molecule has 2 heterocycles. The second-order valence-corrected chi connectivity index (χ2v) is 5.26. The number of imide groups is 1. The van der Waals surface area contributed by atoms with Crippen molar-refractivity contribution in [2.24, 2.45) is 0 Å². The van der Waals surface area contributed by atoms with Crippen molar-refractivity contribution in [3.05, 3.63) is 57.7 Å². The van der Waals surface area contributed by atoms with Crippen LogP contribution in [0.3, 0.4) is 0 Å². The van der Waals surface area contributed by atoms with Gasteiger partial charge in [-0.1, -0.05) is 15.9 Å². The number of aromatic carboxylic acids is 1. The average Bonchev–Trinajstić information content (AvgIpc) is 2.70. The van der Waals surface area contributed by atoms with Crippen LogP contribution < -0.4 is 4.90 Å². The molecule has 21 heavy (non-hydrogen) atoms.